The summed E-state index contributed by atoms with van der Waals surface area (Å²) in [6.45, 7) is 4.83. The number of hydrogen-bond donors (Lipinski definition) is 1. The second kappa shape index (κ2) is 10.2. The molecule has 0 saturated carbocycles. The minimum atomic E-state index is -0.521. The highest BCUT2D eigenvalue weighted by Gasteiger charge is 2.39. The third kappa shape index (κ3) is 5.61. The summed E-state index contributed by atoms with van der Waals surface area (Å²) in [4.78, 5) is 32.2. The molecule has 33 heavy (non-hydrogen) atoms. The van der Waals surface area contributed by atoms with Gasteiger partial charge in [-0.2, -0.15) is 0 Å². The molecule has 0 aromatic heterocycles. The molecule has 0 radical (unpaired) electrons. The fourth-order valence-electron chi connectivity index (χ4n) is 3.89. The Bertz CT molecular complexity index is 1200. The van der Waals surface area contributed by atoms with Crippen molar-refractivity contribution in [3.63, 3.8) is 0 Å². The molecule has 1 aliphatic heterocycles. The van der Waals surface area contributed by atoms with E-state index in [9.17, 15) is 9.59 Å². The maximum Gasteiger partial charge on any atom is 0.242 e. The van der Waals surface area contributed by atoms with E-state index in [4.69, 9.17) is 9.73 Å². The number of anilines is 1. The number of fused-ring (bicyclic) bond motifs is 1. The van der Waals surface area contributed by atoms with Gasteiger partial charge in [0.25, 0.3) is 0 Å². The van der Waals surface area contributed by atoms with Crippen molar-refractivity contribution in [3.05, 3.63) is 71.8 Å². The largest absolute Gasteiger partial charge is 0.383 e. The van der Waals surface area contributed by atoms with Crippen molar-refractivity contribution < 1.29 is 14.3 Å². The number of thioether (sulfide) groups is 1. The third-order valence-electron chi connectivity index (χ3n) is 5.37. The summed E-state index contributed by atoms with van der Waals surface area (Å²) in [5, 5.41) is 5.17. The number of amidine groups is 1. The average Bonchev–Trinajstić information content (AvgIpc) is 3.05. The number of nitrogens with zero attached hydrogens (tertiary/aromatic N) is 2. The number of nitrogens with one attached hydrogen (secondary N) is 1. The van der Waals surface area contributed by atoms with Gasteiger partial charge in [0.2, 0.25) is 11.8 Å². The Balaban J connectivity index is 1.50. The van der Waals surface area contributed by atoms with Crippen LogP contribution in [0.1, 0.15) is 17.5 Å². The van der Waals surface area contributed by atoms with E-state index in [0.717, 1.165) is 33.3 Å². The van der Waals surface area contributed by atoms with Crippen LogP contribution in [-0.4, -0.2) is 47.4 Å². The lowest BCUT2D eigenvalue weighted by atomic mass is 10.1. The van der Waals surface area contributed by atoms with Crippen molar-refractivity contribution in [2.45, 2.75) is 25.5 Å². The Labute approximate surface area is 198 Å². The maximum atomic E-state index is 13.1. The number of carbonyl (C=O) groups is 2. The molecule has 7 heteroatoms. The zero-order valence-corrected chi connectivity index (χ0v) is 19.8. The summed E-state index contributed by atoms with van der Waals surface area (Å²) in [6.07, 6.45) is 0.0751. The van der Waals surface area contributed by atoms with Crippen molar-refractivity contribution in [3.8, 4) is 0 Å². The first-order valence-electron chi connectivity index (χ1n) is 10.9. The lowest BCUT2D eigenvalue weighted by Crippen LogP contribution is -2.35. The van der Waals surface area contributed by atoms with Crippen molar-refractivity contribution in [2.24, 2.45) is 4.99 Å². The van der Waals surface area contributed by atoms with Gasteiger partial charge in [-0.05, 0) is 60.0 Å². The van der Waals surface area contributed by atoms with E-state index >= 15 is 0 Å². The fourth-order valence-corrected chi connectivity index (χ4v) is 5.07. The van der Waals surface area contributed by atoms with E-state index in [1.807, 2.05) is 68.4 Å². The molecule has 1 heterocycles. The Morgan fingerprint density at radius 3 is 2.52 bits per heavy atom. The molecule has 3 aromatic carbocycles. The number of ether oxygens (including phenoxy) is 1. The van der Waals surface area contributed by atoms with Gasteiger partial charge in [-0.1, -0.05) is 48.2 Å². The van der Waals surface area contributed by atoms with Crippen LogP contribution < -0.4 is 5.32 Å². The molecule has 1 aliphatic rings. The van der Waals surface area contributed by atoms with Crippen LogP contribution in [0.15, 0.2) is 65.7 Å². The monoisotopic (exact) mass is 461 g/mol. The predicted molar refractivity (Wildman–Crippen MR) is 135 cm³/mol. The summed E-state index contributed by atoms with van der Waals surface area (Å²) < 4.78 is 5.18. The molecule has 1 saturated heterocycles. The van der Waals surface area contributed by atoms with Gasteiger partial charge in [-0.25, -0.2) is 4.99 Å². The van der Waals surface area contributed by atoms with Crippen LogP contribution in [-0.2, 0) is 14.3 Å². The number of rotatable bonds is 7. The first-order chi connectivity index (χ1) is 15.9. The molecule has 4 rings (SSSR count). The van der Waals surface area contributed by atoms with Crippen molar-refractivity contribution in [1.29, 1.82) is 0 Å². The number of hydrogen-bond acceptors (Lipinski definition) is 5. The van der Waals surface area contributed by atoms with E-state index in [1.54, 1.807) is 12.0 Å². The molecule has 1 fully saturated rings. The number of benzene rings is 3. The normalized spacial score (nSPS) is 17.2. The smallest absolute Gasteiger partial charge is 0.242 e. The molecule has 6 nitrogen and oxygen atoms in total. The Morgan fingerprint density at radius 1 is 1.06 bits per heavy atom. The molecule has 1 N–H and O–H groups in total. The molecular weight excluding hydrogens is 434 g/mol. The van der Waals surface area contributed by atoms with Gasteiger partial charge in [-0.15, -0.1) is 0 Å². The molecule has 1 unspecified atom stereocenters. The van der Waals surface area contributed by atoms with Crippen LogP contribution >= 0.6 is 11.8 Å². The lowest BCUT2D eigenvalue weighted by Gasteiger charge is -2.16. The minimum Gasteiger partial charge on any atom is -0.383 e. The SMILES string of the molecule is COCCN1C(=O)C(CC(=O)Nc2ccc3ccccc3c2)SC1=Nc1cc(C)cc(C)c1. The topological polar surface area (TPSA) is 71.0 Å². The Morgan fingerprint density at radius 2 is 1.79 bits per heavy atom. The first-order valence-corrected chi connectivity index (χ1v) is 11.7. The Hall–Kier alpha value is -3.16. The van der Waals surface area contributed by atoms with Crippen molar-refractivity contribution in [2.75, 3.05) is 25.6 Å². The zero-order chi connectivity index (χ0) is 23.4. The second-order valence-electron chi connectivity index (χ2n) is 8.14. The van der Waals surface area contributed by atoms with E-state index < -0.39 is 5.25 Å². The number of aryl methyl sites for hydroxylation is 2. The van der Waals surface area contributed by atoms with Crippen LogP contribution in [0.3, 0.4) is 0 Å². The van der Waals surface area contributed by atoms with E-state index in [-0.39, 0.29) is 18.2 Å². The van der Waals surface area contributed by atoms with Gasteiger partial charge >= 0.3 is 0 Å². The van der Waals surface area contributed by atoms with Crippen LogP contribution in [0.4, 0.5) is 11.4 Å². The summed E-state index contributed by atoms with van der Waals surface area (Å²) in [7, 11) is 1.60. The quantitative estimate of drug-likeness (QED) is 0.534. The Kier molecular flexibility index (Phi) is 7.11. The predicted octanol–water partition coefficient (Wildman–Crippen LogP) is 5.06. The molecule has 0 aliphatic carbocycles. The molecule has 1 atom stereocenters. The molecule has 170 valence electrons. The number of amides is 2. The van der Waals surface area contributed by atoms with E-state index in [1.165, 1.54) is 11.8 Å². The minimum absolute atomic E-state index is 0.0751. The van der Waals surface area contributed by atoms with Crippen molar-refractivity contribution >= 4 is 50.9 Å². The second-order valence-corrected chi connectivity index (χ2v) is 9.31. The number of aliphatic imine (C=N–C) groups is 1. The third-order valence-corrected chi connectivity index (χ3v) is 6.55. The highest BCUT2D eigenvalue weighted by molar-refractivity contribution is 8.15. The maximum absolute atomic E-state index is 13.1. The fraction of sp³-hybridized carbons (Fsp3) is 0.269. The molecule has 0 bridgehead atoms. The van der Waals surface area contributed by atoms with Gasteiger partial charge in [-0.3, -0.25) is 14.5 Å². The zero-order valence-electron chi connectivity index (χ0n) is 19.0. The van der Waals surface area contributed by atoms with Crippen LogP contribution in [0.25, 0.3) is 10.8 Å². The molecular formula is C26H27N3O3S. The van der Waals surface area contributed by atoms with Gasteiger partial charge in [0, 0.05) is 19.2 Å². The van der Waals surface area contributed by atoms with Crippen LogP contribution in [0, 0.1) is 13.8 Å². The first kappa shape index (κ1) is 23.0. The van der Waals surface area contributed by atoms with Crippen LogP contribution in [0.5, 0.6) is 0 Å². The summed E-state index contributed by atoms with van der Waals surface area (Å²) in [5.41, 5.74) is 3.73. The van der Waals surface area contributed by atoms with Gasteiger partial charge < -0.3 is 10.1 Å². The lowest BCUT2D eigenvalue weighted by molar-refractivity contribution is -0.128. The highest BCUT2D eigenvalue weighted by Crippen LogP contribution is 2.32. The standard InChI is InChI=1S/C26H27N3O3S/c1-17-12-18(2)14-22(13-17)28-26-29(10-11-32-3)25(31)23(33-26)16-24(30)27-21-9-8-19-6-4-5-7-20(19)15-21/h4-9,12-15,23H,10-11,16H2,1-3H3,(H,27,30). The van der Waals surface area contributed by atoms with Crippen LogP contribution in [0.2, 0.25) is 0 Å². The molecule has 0 spiro atoms. The van der Waals surface area contributed by atoms with Gasteiger partial charge in [0.1, 0.15) is 5.25 Å². The molecule has 2 amide bonds. The van der Waals surface area contributed by atoms with Gasteiger partial charge in [0.05, 0.1) is 18.8 Å². The van der Waals surface area contributed by atoms with Gasteiger partial charge in [0.15, 0.2) is 5.17 Å². The number of methoxy groups -OCH3 is 1. The van der Waals surface area contributed by atoms with E-state index in [0.29, 0.717) is 18.3 Å². The summed E-state index contributed by atoms with van der Waals surface area (Å²) in [6, 6.07) is 19.8. The molecule has 3 aromatic rings. The van der Waals surface area contributed by atoms with Crippen molar-refractivity contribution in [1.82, 2.24) is 4.90 Å². The summed E-state index contributed by atoms with van der Waals surface area (Å²) in [5.74, 6) is -0.315. The highest BCUT2D eigenvalue weighted by atomic mass is 32.2. The average molecular weight is 462 g/mol. The van der Waals surface area contributed by atoms with E-state index in [2.05, 4.69) is 11.4 Å². The summed E-state index contributed by atoms with van der Waals surface area (Å²) >= 11 is 1.34. The number of carbonyl (C=O) groups excluding carboxylic acids is 2.